The third-order valence-corrected chi connectivity index (χ3v) is 5.04. The molecule has 0 saturated carbocycles. The second-order valence-electron chi connectivity index (χ2n) is 4.25. The lowest BCUT2D eigenvalue weighted by atomic mass is 10.2. The highest BCUT2D eigenvalue weighted by Gasteiger charge is 2.17. The van der Waals surface area contributed by atoms with E-state index in [9.17, 15) is 4.79 Å². The molecule has 18 heavy (non-hydrogen) atoms. The number of hydrogen-bond acceptors (Lipinski definition) is 4. The summed E-state index contributed by atoms with van der Waals surface area (Å²) in [5, 5.41) is 9.63. The maximum atomic E-state index is 12.1. The summed E-state index contributed by atoms with van der Waals surface area (Å²) >= 11 is 3.53. The first kappa shape index (κ1) is 11.8. The molecule has 0 unspecified atom stereocenters. The van der Waals surface area contributed by atoms with Crippen molar-refractivity contribution in [3.05, 3.63) is 33.1 Å². The van der Waals surface area contributed by atoms with Gasteiger partial charge in [0.25, 0.3) is 5.91 Å². The highest BCUT2D eigenvalue weighted by atomic mass is 32.2. The molecular weight excluding hydrogens is 266 g/mol. The van der Waals surface area contributed by atoms with Gasteiger partial charge in [0.2, 0.25) is 0 Å². The number of anilines is 1. The molecule has 0 aromatic carbocycles. The fourth-order valence-electron chi connectivity index (χ4n) is 1.92. The Bertz CT molecular complexity index is 564. The van der Waals surface area contributed by atoms with Crippen LogP contribution >= 0.6 is 23.1 Å². The summed E-state index contributed by atoms with van der Waals surface area (Å²) in [7, 11) is 0. The van der Waals surface area contributed by atoms with Gasteiger partial charge in [-0.3, -0.25) is 9.89 Å². The summed E-state index contributed by atoms with van der Waals surface area (Å²) in [5.41, 5.74) is 2.26. The minimum Gasteiger partial charge on any atom is -0.304 e. The van der Waals surface area contributed by atoms with Crippen LogP contribution in [0.1, 0.15) is 25.8 Å². The zero-order valence-electron chi connectivity index (χ0n) is 9.95. The maximum Gasteiger partial charge on any atom is 0.266 e. The van der Waals surface area contributed by atoms with Gasteiger partial charge < -0.3 is 5.32 Å². The van der Waals surface area contributed by atoms with Crippen LogP contribution in [-0.4, -0.2) is 21.9 Å². The van der Waals surface area contributed by atoms with Crippen molar-refractivity contribution in [2.45, 2.75) is 19.1 Å². The van der Waals surface area contributed by atoms with Crippen LogP contribution in [0.4, 0.5) is 5.82 Å². The van der Waals surface area contributed by atoms with Gasteiger partial charge in [0, 0.05) is 22.4 Å². The van der Waals surface area contributed by atoms with Gasteiger partial charge >= 0.3 is 0 Å². The third kappa shape index (κ3) is 2.30. The predicted molar refractivity (Wildman–Crippen MR) is 75.5 cm³/mol. The fraction of sp³-hybridized carbons (Fsp3) is 0.333. The Morgan fingerprint density at radius 1 is 1.50 bits per heavy atom. The average Bonchev–Trinajstić information content (AvgIpc) is 2.95. The molecule has 0 fully saturated rings. The number of nitrogens with one attached hydrogen (secondary N) is 2. The van der Waals surface area contributed by atoms with E-state index in [0.29, 0.717) is 5.82 Å². The van der Waals surface area contributed by atoms with E-state index in [-0.39, 0.29) is 5.91 Å². The number of thiophene rings is 1. The van der Waals surface area contributed by atoms with Gasteiger partial charge in [0.15, 0.2) is 5.82 Å². The van der Waals surface area contributed by atoms with Gasteiger partial charge in [0.05, 0.1) is 4.88 Å². The highest BCUT2D eigenvalue weighted by molar-refractivity contribution is 7.98. The standard InChI is InChI=1S/C12H13N3OS2/c1-7-4-11(15-14-7)13-12(16)10-5-8-6-17-3-2-9(8)18-10/h4-5H,2-3,6H2,1H3,(H2,13,14,15,16). The normalized spacial score (nSPS) is 14.3. The van der Waals surface area contributed by atoms with Gasteiger partial charge in [-0.2, -0.15) is 16.9 Å². The number of rotatable bonds is 2. The second kappa shape index (κ2) is 4.78. The molecule has 2 aromatic rings. The molecule has 1 aliphatic heterocycles. The lowest BCUT2D eigenvalue weighted by Gasteiger charge is -2.08. The van der Waals surface area contributed by atoms with Crippen molar-refractivity contribution in [2.75, 3.05) is 11.1 Å². The smallest absolute Gasteiger partial charge is 0.266 e. The molecule has 1 aliphatic rings. The number of fused-ring (bicyclic) bond motifs is 1. The Morgan fingerprint density at radius 2 is 2.39 bits per heavy atom. The third-order valence-electron chi connectivity index (χ3n) is 2.80. The van der Waals surface area contributed by atoms with Gasteiger partial charge in [-0.25, -0.2) is 0 Å². The van der Waals surface area contributed by atoms with Crippen LogP contribution in [0.2, 0.25) is 0 Å². The minimum atomic E-state index is -0.0640. The van der Waals surface area contributed by atoms with Crippen molar-refractivity contribution >= 4 is 34.8 Å². The number of aromatic amines is 1. The summed E-state index contributed by atoms with van der Waals surface area (Å²) in [4.78, 5) is 14.2. The molecule has 0 aliphatic carbocycles. The van der Waals surface area contributed by atoms with Crippen molar-refractivity contribution in [3.63, 3.8) is 0 Å². The van der Waals surface area contributed by atoms with Crippen molar-refractivity contribution in [3.8, 4) is 0 Å². The summed E-state index contributed by atoms with van der Waals surface area (Å²) in [6, 6.07) is 3.84. The second-order valence-corrected chi connectivity index (χ2v) is 6.49. The molecule has 0 spiro atoms. The van der Waals surface area contributed by atoms with Crippen LogP contribution in [0.5, 0.6) is 0 Å². The summed E-state index contributed by atoms with van der Waals surface area (Å²) < 4.78 is 0. The van der Waals surface area contributed by atoms with E-state index in [4.69, 9.17) is 0 Å². The SMILES string of the molecule is Cc1cc(NC(=O)c2cc3c(s2)CCSC3)n[nH]1. The van der Waals surface area contributed by atoms with E-state index in [1.807, 2.05) is 30.8 Å². The molecule has 0 atom stereocenters. The fourth-order valence-corrected chi connectivity index (χ4v) is 4.19. The Balaban J connectivity index is 1.78. The van der Waals surface area contributed by atoms with Crippen LogP contribution in [0.25, 0.3) is 0 Å². The van der Waals surface area contributed by atoms with Crippen LogP contribution in [-0.2, 0) is 12.2 Å². The largest absolute Gasteiger partial charge is 0.304 e. The first-order valence-corrected chi connectivity index (χ1v) is 7.72. The van der Waals surface area contributed by atoms with Crippen LogP contribution in [0.3, 0.4) is 0 Å². The Labute approximate surface area is 113 Å². The van der Waals surface area contributed by atoms with E-state index >= 15 is 0 Å². The number of amides is 1. The summed E-state index contributed by atoms with van der Waals surface area (Å²) in [6.45, 7) is 1.91. The molecule has 94 valence electrons. The minimum absolute atomic E-state index is 0.0640. The van der Waals surface area contributed by atoms with Crippen molar-refractivity contribution in [1.29, 1.82) is 0 Å². The number of thioether (sulfide) groups is 1. The van der Waals surface area contributed by atoms with E-state index in [2.05, 4.69) is 15.5 Å². The lowest BCUT2D eigenvalue weighted by molar-refractivity contribution is 0.103. The molecule has 2 N–H and O–H groups in total. The molecule has 6 heteroatoms. The van der Waals surface area contributed by atoms with E-state index in [0.717, 1.165) is 28.5 Å². The lowest BCUT2D eigenvalue weighted by Crippen LogP contribution is -2.10. The molecule has 3 rings (SSSR count). The molecule has 0 saturated heterocycles. The van der Waals surface area contributed by atoms with E-state index < -0.39 is 0 Å². The van der Waals surface area contributed by atoms with Gasteiger partial charge in [0.1, 0.15) is 0 Å². The number of H-pyrrole nitrogens is 1. The van der Waals surface area contributed by atoms with Crippen LogP contribution in [0.15, 0.2) is 12.1 Å². The zero-order valence-corrected chi connectivity index (χ0v) is 11.6. The number of aryl methyl sites for hydroxylation is 2. The number of hydrogen-bond donors (Lipinski definition) is 2. The Hall–Kier alpha value is -1.27. The first-order chi connectivity index (χ1) is 8.72. The molecule has 3 heterocycles. The molecule has 0 bridgehead atoms. The molecule has 1 amide bonds. The van der Waals surface area contributed by atoms with Crippen LogP contribution < -0.4 is 5.32 Å². The highest BCUT2D eigenvalue weighted by Crippen LogP contribution is 2.31. The Morgan fingerprint density at radius 3 is 3.11 bits per heavy atom. The van der Waals surface area contributed by atoms with E-state index in [1.165, 1.54) is 10.4 Å². The summed E-state index contributed by atoms with van der Waals surface area (Å²) in [5.74, 6) is 2.71. The number of nitrogens with zero attached hydrogens (tertiary/aromatic N) is 1. The predicted octanol–water partition coefficient (Wildman–Crippen LogP) is 2.82. The quantitative estimate of drug-likeness (QED) is 0.888. The average molecular weight is 279 g/mol. The van der Waals surface area contributed by atoms with E-state index in [1.54, 1.807) is 11.3 Å². The molecule has 2 aromatic heterocycles. The zero-order chi connectivity index (χ0) is 12.5. The molecule has 0 radical (unpaired) electrons. The van der Waals surface area contributed by atoms with Crippen molar-refractivity contribution in [2.24, 2.45) is 0 Å². The topological polar surface area (TPSA) is 57.8 Å². The van der Waals surface area contributed by atoms with Gasteiger partial charge in [-0.1, -0.05) is 0 Å². The number of carbonyl (C=O) groups is 1. The monoisotopic (exact) mass is 279 g/mol. The van der Waals surface area contributed by atoms with Gasteiger partial charge in [-0.15, -0.1) is 11.3 Å². The van der Waals surface area contributed by atoms with Crippen LogP contribution in [0, 0.1) is 6.92 Å². The van der Waals surface area contributed by atoms with Gasteiger partial charge in [-0.05, 0) is 30.7 Å². The van der Waals surface area contributed by atoms with Crippen molar-refractivity contribution < 1.29 is 4.79 Å². The first-order valence-electron chi connectivity index (χ1n) is 5.75. The maximum absolute atomic E-state index is 12.1. The Kier molecular flexibility index (Phi) is 3.13. The van der Waals surface area contributed by atoms with Crippen molar-refractivity contribution in [1.82, 2.24) is 10.2 Å². The number of aromatic nitrogens is 2. The molecular formula is C12H13N3OS2. The molecule has 4 nitrogen and oxygen atoms in total. The summed E-state index contributed by atoms with van der Waals surface area (Å²) in [6.07, 6.45) is 1.08. The number of carbonyl (C=O) groups excluding carboxylic acids is 1.